The molecule has 0 atom stereocenters. The van der Waals surface area contributed by atoms with Crippen molar-refractivity contribution < 1.29 is 4.79 Å². The number of thiazole rings is 1. The maximum atomic E-state index is 11.7. The number of aromatic nitrogens is 1. The van der Waals surface area contributed by atoms with Gasteiger partial charge in [0.25, 0.3) is 5.91 Å². The predicted octanol–water partition coefficient (Wildman–Crippen LogP) is 3.36. The highest BCUT2D eigenvalue weighted by Gasteiger charge is 2.09. The first-order chi connectivity index (χ1) is 7.65. The average molecular weight is 253 g/mol. The van der Waals surface area contributed by atoms with Crippen molar-refractivity contribution in [3.63, 3.8) is 0 Å². The molecule has 16 heavy (non-hydrogen) atoms. The number of nitrogens with one attached hydrogen (secondary N) is 1. The van der Waals surface area contributed by atoms with Crippen molar-refractivity contribution in [2.45, 2.75) is 6.92 Å². The molecule has 0 fully saturated rings. The van der Waals surface area contributed by atoms with Crippen LogP contribution in [0, 0.1) is 6.92 Å². The van der Waals surface area contributed by atoms with Gasteiger partial charge in [0.15, 0.2) is 0 Å². The Kier molecular flexibility index (Phi) is 3.22. The molecule has 0 aliphatic carbocycles. The molecule has 1 aromatic heterocycles. The fraction of sp³-hybridized carbons (Fsp3) is 0.0909. The molecule has 0 bridgehead atoms. The summed E-state index contributed by atoms with van der Waals surface area (Å²) in [4.78, 5) is 15.8. The van der Waals surface area contributed by atoms with Crippen LogP contribution in [0.2, 0.25) is 5.02 Å². The third kappa shape index (κ3) is 2.59. The highest BCUT2D eigenvalue weighted by molar-refractivity contribution is 7.09. The maximum absolute atomic E-state index is 11.7. The van der Waals surface area contributed by atoms with Gasteiger partial charge in [-0.15, -0.1) is 11.3 Å². The molecule has 0 saturated carbocycles. The zero-order valence-corrected chi connectivity index (χ0v) is 10.1. The zero-order valence-electron chi connectivity index (χ0n) is 8.53. The first-order valence-corrected chi connectivity index (χ1v) is 5.90. The SMILES string of the molecule is Cc1nc(C(=O)Nc2cccc(Cl)c2)cs1. The Labute approximate surface area is 102 Å². The Morgan fingerprint density at radius 1 is 1.50 bits per heavy atom. The van der Waals surface area contributed by atoms with Gasteiger partial charge in [0, 0.05) is 16.1 Å². The molecule has 5 heteroatoms. The average Bonchev–Trinajstić information content (AvgIpc) is 2.65. The van der Waals surface area contributed by atoms with Crippen molar-refractivity contribution in [2.75, 3.05) is 5.32 Å². The van der Waals surface area contributed by atoms with Crippen LogP contribution < -0.4 is 5.32 Å². The third-order valence-electron chi connectivity index (χ3n) is 1.93. The van der Waals surface area contributed by atoms with Crippen LogP contribution in [0.5, 0.6) is 0 Å². The number of hydrogen-bond donors (Lipinski definition) is 1. The number of benzene rings is 1. The van der Waals surface area contributed by atoms with Gasteiger partial charge in [-0.25, -0.2) is 4.98 Å². The molecule has 1 N–H and O–H groups in total. The number of carbonyl (C=O) groups is 1. The van der Waals surface area contributed by atoms with Crippen molar-refractivity contribution in [2.24, 2.45) is 0 Å². The van der Waals surface area contributed by atoms with Crippen molar-refractivity contribution >= 4 is 34.5 Å². The van der Waals surface area contributed by atoms with Crippen LogP contribution in [0.25, 0.3) is 0 Å². The molecule has 0 spiro atoms. The normalized spacial score (nSPS) is 10.1. The largest absolute Gasteiger partial charge is 0.321 e. The topological polar surface area (TPSA) is 42.0 Å². The minimum Gasteiger partial charge on any atom is -0.321 e. The lowest BCUT2D eigenvalue weighted by Crippen LogP contribution is -2.12. The number of halogens is 1. The maximum Gasteiger partial charge on any atom is 0.275 e. The molecule has 0 aliphatic heterocycles. The van der Waals surface area contributed by atoms with Crippen molar-refractivity contribution in [1.29, 1.82) is 0 Å². The van der Waals surface area contributed by atoms with Crippen LogP contribution in [-0.4, -0.2) is 10.9 Å². The molecule has 82 valence electrons. The molecule has 1 heterocycles. The fourth-order valence-electron chi connectivity index (χ4n) is 1.23. The van der Waals surface area contributed by atoms with Crippen molar-refractivity contribution in [1.82, 2.24) is 4.98 Å². The van der Waals surface area contributed by atoms with Gasteiger partial charge in [-0.3, -0.25) is 4.79 Å². The van der Waals surface area contributed by atoms with Gasteiger partial charge >= 0.3 is 0 Å². The fourth-order valence-corrected chi connectivity index (χ4v) is 2.01. The summed E-state index contributed by atoms with van der Waals surface area (Å²) in [5.41, 5.74) is 1.10. The molecule has 3 nitrogen and oxygen atoms in total. The molecule has 1 amide bonds. The van der Waals surface area contributed by atoms with E-state index in [0.717, 1.165) is 5.01 Å². The van der Waals surface area contributed by atoms with E-state index in [1.54, 1.807) is 29.6 Å². The minimum atomic E-state index is -0.216. The van der Waals surface area contributed by atoms with Gasteiger partial charge in [0.05, 0.1) is 5.01 Å². The Morgan fingerprint density at radius 2 is 2.31 bits per heavy atom. The van der Waals surface area contributed by atoms with E-state index in [2.05, 4.69) is 10.3 Å². The molecule has 0 unspecified atom stereocenters. The van der Waals surface area contributed by atoms with Crippen molar-refractivity contribution in [3.8, 4) is 0 Å². The molecule has 0 aliphatic rings. The van der Waals surface area contributed by atoms with E-state index in [1.165, 1.54) is 11.3 Å². The summed E-state index contributed by atoms with van der Waals surface area (Å²) in [6.45, 7) is 1.86. The molecule has 0 radical (unpaired) electrons. The van der Waals surface area contributed by atoms with Crippen LogP contribution in [0.15, 0.2) is 29.6 Å². The lowest BCUT2D eigenvalue weighted by molar-refractivity contribution is 0.102. The van der Waals surface area contributed by atoms with Crippen molar-refractivity contribution in [3.05, 3.63) is 45.4 Å². The van der Waals surface area contributed by atoms with E-state index in [9.17, 15) is 4.79 Å². The van der Waals surface area contributed by atoms with E-state index < -0.39 is 0 Å². The summed E-state index contributed by atoms with van der Waals surface area (Å²) >= 11 is 7.26. The first kappa shape index (κ1) is 11.1. The third-order valence-corrected chi connectivity index (χ3v) is 2.94. The highest BCUT2D eigenvalue weighted by Crippen LogP contribution is 2.16. The van der Waals surface area contributed by atoms with Crippen LogP contribution in [-0.2, 0) is 0 Å². The second kappa shape index (κ2) is 4.63. The molecular formula is C11H9ClN2OS. The molecule has 2 rings (SSSR count). The standard InChI is InChI=1S/C11H9ClN2OS/c1-7-13-10(6-16-7)11(15)14-9-4-2-3-8(12)5-9/h2-6H,1H3,(H,14,15). The predicted molar refractivity (Wildman–Crippen MR) is 66.3 cm³/mol. The van der Waals surface area contributed by atoms with Gasteiger partial charge in [0.2, 0.25) is 0 Å². The minimum absolute atomic E-state index is 0.216. The second-order valence-corrected chi connectivity index (χ2v) is 4.71. The molecular weight excluding hydrogens is 244 g/mol. The number of aryl methyl sites for hydroxylation is 1. The lowest BCUT2D eigenvalue weighted by Gasteiger charge is -2.02. The number of anilines is 1. The Balaban J connectivity index is 2.13. The number of hydrogen-bond acceptors (Lipinski definition) is 3. The molecule has 1 aromatic carbocycles. The van der Waals surface area contributed by atoms with E-state index in [0.29, 0.717) is 16.4 Å². The first-order valence-electron chi connectivity index (χ1n) is 4.64. The van der Waals surface area contributed by atoms with Gasteiger partial charge in [-0.2, -0.15) is 0 Å². The Hall–Kier alpha value is -1.39. The number of nitrogens with zero attached hydrogens (tertiary/aromatic N) is 1. The van der Waals surface area contributed by atoms with Crippen LogP contribution >= 0.6 is 22.9 Å². The lowest BCUT2D eigenvalue weighted by atomic mass is 10.3. The van der Waals surface area contributed by atoms with Crippen LogP contribution in [0.3, 0.4) is 0 Å². The van der Waals surface area contributed by atoms with Gasteiger partial charge in [-0.05, 0) is 25.1 Å². The Morgan fingerprint density at radius 3 is 2.94 bits per heavy atom. The van der Waals surface area contributed by atoms with E-state index in [4.69, 9.17) is 11.6 Å². The van der Waals surface area contributed by atoms with E-state index in [-0.39, 0.29) is 5.91 Å². The molecule has 2 aromatic rings. The summed E-state index contributed by atoms with van der Waals surface area (Å²) in [5.74, 6) is -0.216. The summed E-state index contributed by atoms with van der Waals surface area (Å²) in [7, 11) is 0. The zero-order chi connectivity index (χ0) is 11.5. The van der Waals surface area contributed by atoms with Gasteiger partial charge in [0.1, 0.15) is 5.69 Å². The quantitative estimate of drug-likeness (QED) is 0.891. The summed E-state index contributed by atoms with van der Waals surface area (Å²) in [5, 5.41) is 5.93. The number of rotatable bonds is 2. The van der Waals surface area contributed by atoms with E-state index >= 15 is 0 Å². The highest BCUT2D eigenvalue weighted by atomic mass is 35.5. The van der Waals surface area contributed by atoms with E-state index in [1.807, 2.05) is 6.92 Å². The monoisotopic (exact) mass is 252 g/mol. The van der Waals surface area contributed by atoms with Gasteiger partial charge in [-0.1, -0.05) is 17.7 Å². The van der Waals surface area contributed by atoms with Gasteiger partial charge < -0.3 is 5.32 Å². The molecule has 0 saturated heterocycles. The van der Waals surface area contributed by atoms with Crippen LogP contribution in [0.1, 0.15) is 15.5 Å². The number of amides is 1. The summed E-state index contributed by atoms with van der Waals surface area (Å²) in [6, 6.07) is 7.01. The second-order valence-electron chi connectivity index (χ2n) is 3.22. The van der Waals surface area contributed by atoms with Crippen LogP contribution in [0.4, 0.5) is 5.69 Å². The summed E-state index contributed by atoms with van der Waals surface area (Å²) < 4.78 is 0. The Bertz CT molecular complexity index is 524. The summed E-state index contributed by atoms with van der Waals surface area (Å²) in [6.07, 6.45) is 0. The number of carbonyl (C=O) groups excluding carboxylic acids is 1. The smallest absolute Gasteiger partial charge is 0.275 e.